The molecule has 0 saturated carbocycles. The molecular weight excluding hydrogens is 384 g/mol. The maximum absolute atomic E-state index is 12.6. The Morgan fingerprint density at radius 3 is 1.97 bits per heavy atom. The lowest BCUT2D eigenvalue weighted by atomic mass is 10.1. The molecule has 29 heavy (non-hydrogen) atoms. The number of rotatable bonds is 8. The highest BCUT2D eigenvalue weighted by molar-refractivity contribution is 6.06. The molecule has 1 amide bonds. The maximum Gasteiger partial charge on any atom is 0.277 e. The van der Waals surface area contributed by atoms with Crippen molar-refractivity contribution in [1.29, 1.82) is 5.26 Å². The zero-order valence-electron chi connectivity index (χ0n) is 15.5. The van der Waals surface area contributed by atoms with Gasteiger partial charge in [0.05, 0.1) is 45.9 Å². The van der Waals surface area contributed by atoms with E-state index < -0.39 is 27.1 Å². The number of benzene rings is 2. The number of ether oxygens (including phenoxy) is 2. The number of nitriles is 1. The molecule has 2 aromatic carbocycles. The Balaban J connectivity index is 2.47. The average molecular weight is 400 g/mol. The number of nitrogens with one attached hydrogen (secondary N) is 1. The molecule has 0 heterocycles. The summed E-state index contributed by atoms with van der Waals surface area (Å²) in [6.07, 6.45) is 0. The van der Waals surface area contributed by atoms with Gasteiger partial charge in [-0.05, 0) is 13.8 Å². The highest BCUT2D eigenvalue weighted by Gasteiger charge is 2.21. The van der Waals surface area contributed by atoms with E-state index >= 15 is 0 Å². The molecule has 2 aromatic rings. The largest absolute Gasteiger partial charge is 0.490 e. The Bertz CT molecular complexity index is 982. The van der Waals surface area contributed by atoms with Crippen molar-refractivity contribution in [3.8, 4) is 17.6 Å². The van der Waals surface area contributed by atoms with Gasteiger partial charge in [0.25, 0.3) is 17.3 Å². The molecule has 0 atom stereocenters. The Morgan fingerprint density at radius 1 is 1.00 bits per heavy atom. The van der Waals surface area contributed by atoms with Crippen LogP contribution in [0.3, 0.4) is 0 Å². The summed E-state index contributed by atoms with van der Waals surface area (Å²) in [5.74, 6) is -0.261. The van der Waals surface area contributed by atoms with E-state index in [9.17, 15) is 30.3 Å². The second-order valence-corrected chi connectivity index (χ2v) is 5.53. The lowest BCUT2D eigenvalue weighted by molar-refractivity contribution is -0.394. The highest BCUT2D eigenvalue weighted by Crippen LogP contribution is 2.34. The summed E-state index contributed by atoms with van der Waals surface area (Å²) in [5.41, 5.74) is -1.39. The van der Waals surface area contributed by atoms with Crippen LogP contribution < -0.4 is 14.8 Å². The molecule has 1 N–H and O–H groups in total. The average Bonchev–Trinajstić information content (AvgIpc) is 2.69. The lowest BCUT2D eigenvalue weighted by Crippen LogP contribution is -2.14. The number of nitro benzene ring substituents is 2. The van der Waals surface area contributed by atoms with E-state index in [0.29, 0.717) is 19.0 Å². The zero-order chi connectivity index (χ0) is 21.6. The second kappa shape index (κ2) is 9.14. The van der Waals surface area contributed by atoms with Crippen LogP contribution in [0.1, 0.15) is 29.8 Å². The molecule has 0 radical (unpaired) electrons. The van der Waals surface area contributed by atoms with Crippen LogP contribution >= 0.6 is 0 Å². The molecule has 0 saturated heterocycles. The molecule has 11 nitrogen and oxygen atoms in total. The van der Waals surface area contributed by atoms with Crippen LogP contribution in [-0.2, 0) is 0 Å². The van der Waals surface area contributed by atoms with Gasteiger partial charge in [0, 0.05) is 24.3 Å². The predicted molar refractivity (Wildman–Crippen MR) is 101 cm³/mol. The van der Waals surface area contributed by atoms with Crippen LogP contribution in [0.15, 0.2) is 30.3 Å². The predicted octanol–water partition coefficient (Wildman–Crippen LogP) is 3.42. The van der Waals surface area contributed by atoms with Crippen molar-refractivity contribution >= 4 is 23.0 Å². The van der Waals surface area contributed by atoms with Gasteiger partial charge in [0.1, 0.15) is 6.07 Å². The minimum absolute atomic E-state index is 0.0604. The van der Waals surface area contributed by atoms with Crippen LogP contribution in [0, 0.1) is 31.6 Å². The summed E-state index contributed by atoms with van der Waals surface area (Å²) >= 11 is 0. The first-order valence-electron chi connectivity index (χ1n) is 8.39. The van der Waals surface area contributed by atoms with Crippen molar-refractivity contribution in [2.75, 3.05) is 18.5 Å². The number of hydrogen-bond donors (Lipinski definition) is 1. The first-order valence-corrected chi connectivity index (χ1v) is 8.39. The van der Waals surface area contributed by atoms with Crippen LogP contribution in [-0.4, -0.2) is 29.0 Å². The number of amides is 1. The minimum atomic E-state index is -0.861. The molecule has 11 heteroatoms. The number of nitrogens with zero attached hydrogens (tertiary/aromatic N) is 3. The van der Waals surface area contributed by atoms with E-state index in [-0.39, 0.29) is 22.6 Å². The lowest BCUT2D eigenvalue weighted by Gasteiger charge is -2.14. The fourth-order valence-electron chi connectivity index (χ4n) is 2.42. The molecule has 0 fully saturated rings. The number of anilines is 1. The number of nitro groups is 2. The van der Waals surface area contributed by atoms with Gasteiger partial charge < -0.3 is 14.8 Å². The Labute approximate surface area is 164 Å². The summed E-state index contributed by atoms with van der Waals surface area (Å²) in [4.78, 5) is 32.9. The van der Waals surface area contributed by atoms with Gasteiger partial charge in [-0.25, -0.2) is 0 Å². The van der Waals surface area contributed by atoms with Gasteiger partial charge in [-0.15, -0.1) is 0 Å². The summed E-state index contributed by atoms with van der Waals surface area (Å²) in [6, 6.07) is 7.26. The van der Waals surface area contributed by atoms with Gasteiger partial charge in [-0.1, -0.05) is 0 Å². The van der Waals surface area contributed by atoms with Crippen LogP contribution in [0.5, 0.6) is 11.5 Å². The van der Waals surface area contributed by atoms with Crippen LogP contribution in [0.4, 0.5) is 17.1 Å². The summed E-state index contributed by atoms with van der Waals surface area (Å²) in [7, 11) is 0. The van der Waals surface area contributed by atoms with E-state index in [1.807, 2.05) is 6.07 Å². The molecule has 0 spiro atoms. The number of carbonyl (C=O) groups is 1. The fraction of sp³-hybridized carbons (Fsp3) is 0.222. The third-order valence-corrected chi connectivity index (χ3v) is 3.64. The standard InChI is InChI=1S/C18H16N4O7/c1-3-28-16-7-12(10-19)15(9-17(16)29-4-2)20-18(23)11-5-13(21(24)25)8-14(6-11)22(26)27/h5-9H,3-4H2,1-2H3,(H,20,23). The first-order chi connectivity index (χ1) is 13.8. The van der Waals surface area contributed by atoms with Gasteiger partial charge in [-0.3, -0.25) is 25.0 Å². The monoisotopic (exact) mass is 400 g/mol. The number of carbonyl (C=O) groups excluding carboxylic acids is 1. The molecule has 0 aliphatic heterocycles. The third kappa shape index (κ3) is 4.95. The Kier molecular flexibility index (Phi) is 6.65. The van der Waals surface area contributed by atoms with E-state index in [4.69, 9.17) is 9.47 Å². The molecule has 0 aromatic heterocycles. The van der Waals surface area contributed by atoms with E-state index in [1.165, 1.54) is 12.1 Å². The van der Waals surface area contributed by atoms with Gasteiger partial charge in [0.15, 0.2) is 11.5 Å². The molecular formula is C18H16N4O7. The van der Waals surface area contributed by atoms with E-state index in [2.05, 4.69) is 5.32 Å². The van der Waals surface area contributed by atoms with Crippen molar-refractivity contribution < 1.29 is 24.1 Å². The zero-order valence-corrected chi connectivity index (χ0v) is 15.5. The SMILES string of the molecule is CCOc1cc(C#N)c(NC(=O)c2cc([N+](=O)[O-])cc([N+](=O)[O-])c2)cc1OCC. The summed E-state index contributed by atoms with van der Waals surface area (Å²) in [5, 5.41) is 33.8. The van der Waals surface area contributed by atoms with Crippen LogP contribution in [0.25, 0.3) is 0 Å². The van der Waals surface area contributed by atoms with E-state index in [0.717, 1.165) is 18.2 Å². The quantitative estimate of drug-likeness (QED) is 0.521. The van der Waals surface area contributed by atoms with Crippen molar-refractivity contribution in [1.82, 2.24) is 0 Å². The Hall–Kier alpha value is -4.20. The normalized spacial score (nSPS) is 9.97. The summed E-state index contributed by atoms with van der Waals surface area (Å²) < 4.78 is 10.9. The second-order valence-electron chi connectivity index (χ2n) is 5.53. The number of hydrogen-bond acceptors (Lipinski definition) is 8. The fourth-order valence-corrected chi connectivity index (χ4v) is 2.42. The third-order valence-electron chi connectivity index (χ3n) is 3.64. The van der Waals surface area contributed by atoms with Gasteiger partial charge >= 0.3 is 0 Å². The molecule has 0 aliphatic rings. The Morgan fingerprint density at radius 2 is 1.52 bits per heavy atom. The molecule has 2 rings (SSSR count). The highest BCUT2D eigenvalue weighted by atomic mass is 16.6. The molecule has 0 bridgehead atoms. The van der Waals surface area contributed by atoms with Crippen molar-refractivity contribution in [2.24, 2.45) is 0 Å². The molecule has 150 valence electrons. The van der Waals surface area contributed by atoms with Crippen molar-refractivity contribution in [3.05, 3.63) is 61.7 Å². The number of non-ortho nitro benzene ring substituents is 2. The van der Waals surface area contributed by atoms with E-state index in [1.54, 1.807) is 13.8 Å². The molecule has 0 unspecified atom stereocenters. The maximum atomic E-state index is 12.6. The smallest absolute Gasteiger partial charge is 0.277 e. The molecule has 0 aliphatic carbocycles. The topological polar surface area (TPSA) is 158 Å². The van der Waals surface area contributed by atoms with Crippen molar-refractivity contribution in [2.45, 2.75) is 13.8 Å². The van der Waals surface area contributed by atoms with Gasteiger partial charge in [0.2, 0.25) is 0 Å². The van der Waals surface area contributed by atoms with Gasteiger partial charge in [-0.2, -0.15) is 5.26 Å². The van der Waals surface area contributed by atoms with Crippen molar-refractivity contribution in [3.63, 3.8) is 0 Å². The first kappa shape index (κ1) is 21.1. The minimum Gasteiger partial charge on any atom is -0.490 e. The summed E-state index contributed by atoms with van der Waals surface area (Å²) in [6.45, 7) is 4.13. The van der Waals surface area contributed by atoms with Crippen LogP contribution in [0.2, 0.25) is 0 Å².